The smallest absolute Gasteiger partial charge is 0.0454 e. The number of H-pyrrole nitrogens is 1. The summed E-state index contributed by atoms with van der Waals surface area (Å²) in [6.45, 7) is 6.83. The molecule has 1 aliphatic rings. The molecule has 3 nitrogen and oxygen atoms in total. The summed E-state index contributed by atoms with van der Waals surface area (Å²) in [5.74, 6) is 0. The molecule has 0 amide bonds. The Bertz CT molecular complexity index is 521. The predicted octanol–water partition coefficient (Wildman–Crippen LogP) is 3.37. The van der Waals surface area contributed by atoms with Gasteiger partial charge < -0.3 is 10.3 Å². The van der Waals surface area contributed by atoms with Crippen molar-refractivity contribution < 1.29 is 0 Å². The Hall–Kier alpha value is -0.740. The van der Waals surface area contributed by atoms with Crippen LogP contribution < -0.4 is 5.32 Å². The molecule has 0 bridgehead atoms. The monoisotopic (exact) mass is 315 g/mol. The molecule has 2 N–H and O–H groups in total. The van der Waals surface area contributed by atoms with Crippen LogP contribution in [0.5, 0.6) is 0 Å². The molecule has 1 aliphatic heterocycles. The van der Waals surface area contributed by atoms with Gasteiger partial charge in [-0.05, 0) is 35.6 Å². The molecule has 3 rings (SSSR count). The van der Waals surface area contributed by atoms with Crippen molar-refractivity contribution in [2.75, 3.05) is 26.2 Å². The van der Waals surface area contributed by atoms with E-state index in [0.717, 1.165) is 26.2 Å². The highest BCUT2D eigenvalue weighted by atomic mass is 35.5. The van der Waals surface area contributed by atoms with Gasteiger partial charge in [0.2, 0.25) is 0 Å². The number of benzene rings is 1. The molecule has 112 valence electrons. The average Bonchev–Trinajstić information content (AvgIpc) is 2.88. The lowest BCUT2D eigenvalue weighted by molar-refractivity contribution is 0.169. The number of hydrogen-bond acceptors (Lipinski definition) is 2. The van der Waals surface area contributed by atoms with Crippen LogP contribution in [0.1, 0.15) is 24.9 Å². The summed E-state index contributed by atoms with van der Waals surface area (Å²) in [6, 6.07) is 9.53. The standard InChI is InChI=1S/C15H21N3.2ClH/c1-2-15(18-9-7-16-8-10-18)13-3-4-14-12(11-13)5-6-17-14;;/h3-6,11,15-17H,2,7-10H2,1H3;2*1H/t15-;;/m1../s1. The summed E-state index contributed by atoms with van der Waals surface area (Å²) in [4.78, 5) is 5.86. The quantitative estimate of drug-likeness (QED) is 0.910. The van der Waals surface area contributed by atoms with Crippen LogP contribution in [0.15, 0.2) is 30.5 Å². The lowest BCUT2D eigenvalue weighted by Crippen LogP contribution is -2.45. The summed E-state index contributed by atoms with van der Waals surface area (Å²) in [6.07, 6.45) is 3.19. The molecule has 1 aromatic heterocycles. The van der Waals surface area contributed by atoms with E-state index in [4.69, 9.17) is 0 Å². The van der Waals surface area contributed by atoms with Crippen LogP contribution in [0.25, 0.3) is 10.9 Å². The van der Waals surface area contributed by atoms with Gasteiger partial charge in [0, 0.05) is 43.9 Å². The van der Waals surface area contributed by atoms with Crippen LogP contribution in [-0.4, -0.2) is 36.1 Å². The lowest BCUT2D eigenvalue weighted by Gasteiger charge is -2.34. The average molecular weight is 316 g/mol. The number of nitrogens with one attached hydrogen (secondary N) is 2. The van der Waals surface area contributed by atoms with Crippen LogP contribution in [0.3, 0.4) is 0 Å². The maximum atomic E-state index is 3.42. The van der Waals surface area contributed by atoms with Crippen molar-refractivity contribution in [3.8, 4) is 0 Å². The summed E-state index contributed by atoms with van der Waals surface area (Å²) in [5, 5.41) is 4.74. The van der Waals surface area contributed by atoms with Gasteiger partial charge >= 0.3 is 0 Å². The van der Waals surface area contributed by atoms with Gasteiger partial charge in [-0.15, -0.1) is 24.8 Å². The Labute approximate surface area is 132 Å². The number of piperazine rings is 1. The summed E-state index contributed by atoms with van der Waals surface area (Å²) >= 11 is 0. The zero-order valence-corrected chi connectivity index (χ0v) is 13.4. The van der Waals surface area contributed by atoms with Crippen molar-refractivity contribution >= 4 is 35.7 Å². The Morgan fingerprint density at radius 2 is 1.90 bits per heavy atom. The minimum atomic E-state index is 0. The van der Waals surface area contributed by atoms with Crippen LogP contribution >= 0.6 is 24.8 Å². The van der Waals surface area contributed by atoms with Crippen LogP contribution in [0, 0.1) is 0 Å². The fourth-order valence-electron chi connectivity index (χ4n) is 2.98. The normalized spacial score (nSPS) is 17.2. The molecule has 5 heteroatoms. The SMILES string of the molecule is CC[C@H](c1ccc2[nH]ccc2c1)N1CCNCC1.Cl.Cl. The van der Waals surface area contributed by atoms with Gasteiger partial charge in [-0.2, -0.15) is 0 Å². The number of hydrogen-bond donors (Lipinski definition) is 2. The third-order valence-corrected chi connectivity index (χ3v) is 3.94. The number of fused-ring (bicyclic) bond motifs is 1. The van der Waals surface area contributed by atoms with E-state index >= 15 is 0 Å². The van der Waals surface area contributed by atoms with Gasteiger partial charge in [-0.1, -0.05) is 13.0 Å². The molecule has 1 saturated heterocycles. The van der Waals surface area contributed by atoms with Crippen molar-refractivity contribution in [2.24, 2.45) is 0 Å². The number of aromatic nitrogens is 1. The minimum absolute atomic E-state index is 0. The second-order valence-electron chi connectivity index (χ2n) is 5.03. The first kappa shape index (κ1) is 17.3. The molecule has 0 aliphatic carbocycles. The Morgan fingerprint density at radius 1 is 1.15 bits per heavy atom. The third-order valence-electron chi connectivity index (χ3n) is 3.94. The topological polar surface area (TPSA) is 31.1 Å². The number of rotatable bonds is 3. The Kier molecular flexibility index (Phi) is 6.83. The fraction of sp³-hybridized carbons (Fsp3) is 0.467. The van der Waals surface area contributed by atoms with E-state index < -0.39 is 0 Å². The van der Waals surface area contributed by atoms with Gasteiger partial charge in [-0.3, -0.25) is 4.90 Å². The van der Waals surface area contributed by atoms with E-state index in [1.165, 1.54) is 22.9 Å². The van der Waals surface area contributed by atoms with Crippen molar-refractivity contribution in [2.45, 2.75) is 19.4 Å². The highest BCUT2D eigenvalue weighted by Gasteiger charge is 2.20. The summed E-state index contributed by atoms with van der Waals surface area (Å²) in [5.41, 5.74) is 2.68. The van der Waals surface area contributed by atoms with Gasteiger partial charge in [0.15, 0.2) is 0 Å². The molecule has 0 saturated carbocycles. The molecule has 1 fully saturated rings. The maximum absolute atomic E-state index is 3.42. The molecule has 1 atom stereocenters. The van der Waals surface area contributed by atoms with Gasteiger partial charge in [0.25, 0.3) is 0 Å². The minimum Gasteiger partial charge on any atom is -0.361 e. The van der Waals surface area contributed by atoms with Gasteiger partial charge in [-0.25, -0.2) is 0 Å². The lowest BCUT2D eigenvalue weighted by atomic mass is 10.0. The van der Waals surface area contributed by atoms with Crippen molar-refractivity contribution in [3.63, 3.8) is 0 Å². The van der Waals surface area contributed by atoms with E-state index in [0.29, 0.717) is 6.04 Å². The summed E-state index contributed by atoms with van der Waals surface area (Å²) < 4.78 is 0. The molecule has 0 radical (unpaired) electrons. The molecule has 0 unspecified atom stereocenters. The first-order chi connectivity index (χ1) is 8.88. The number of aromatic amines is 1. The zero-order chi connectivity index (χ0) is 12.4. The molecule has 1 aromatic carbocycles. The summed E-state index contributed by atoms with van der Waals surface area (Å²) in [7, 11) is 0. The molecule has 2 heterocycles. The van der Waals surface area contributed by atoms with E-state index in [1.54, 1.807) is 0 Å². The Balaban J connectivity index is 0.000001000. The first-order valence-corrected chi connectivity index (χ1v) is 6.90. The molecular weight excluding hydrogens is 293 g/mol. The van der Waals surface area contributed by atoms with Crippen LogP contribution in [-0.2, 0) is 0 Å². The highest BCUT2D eigenvalue weighted by molar-refractivity contribution is 5.85. The largest absolute Gasteiger partial charge is 0.361 e. The fourth-order valence-corrected chi connectivity index (χ4v) is 2.98. The highest BCUT2D eigenvalue weighted by Crippen LogP contribution is 2.27. The zero-order valence-electron chi connectivity index (χ0n) is 11.8. The second kappa shape index (κ2) is 7.89. The van der Waals surface area contributed by atoms with E-state index in [-0.39, 0.29) is 24.8 Å². The van der Waals surface area contributed by atoms with Crippen molar-refractivity contribution in [1.29, 1.82) is 0 Å². The number of halogens is 2. The predicted molar refractivity (Wildman–Crippen MR) is 90.3 cm³/mol. The van der Waals surface area contributed by atoms with Gasteiger partial charge in [0.1, 0.15) is 0 Å². The third kappa shape index (κ3) is 3.47. The Morgan fingerprint density at radius 3 is 2.60 bits per heavy atom. The maximum Gasteiger partial charge on any atom is 0.0454 e. The van der Waals surface area contributed by atoms with E-state index in [1.807, 2.05) is 6.20 Å². The molecular formula is C15H23Cl2N3. The molecule has 2 aromatic rings. The van der Waals surface area contributed by atoms with Crippen molar-refractivity contribution in [3.05, 3.63) is 36.0 Å². The molecule has 0 spiro atoms. The number of nitrogens with zero attached hydrogens (tertiary/aromatic N) is 1. The molecule has 20 heavy (non-hydrogen) atoms. The second-order valence-corrected chi connectivity index (χ2v) is 5.03. The first-order valence-electron chi connectivity index (χ1n) is 6.90. The van der Waals surface area contributed by atoms with Crippen LogP contribution in [0.4, 0.5) is 0 Å². The van der Waals surface area contributed by atoms with Crippen LogP contribution in [0.2, 0.25) is 0 Å². The van der Waals surface area contributed by atoms with Gasteiger partial charge in [0.05, 0.1) is 0 Å². The van der Waals surface area contributed by atoms with Crippen molar-refractivity contribution in [1.82, 2.24) is 15.2 Å². The van der Waals surface area contributed by atoms with E-state index in [9.17, 15) is 0 Å². The van der Waals surface area contributed by atoms with E-state index in [2.05, 4.69) is 46.4 Å².